The van der Waals surface area contributed by atoms with Crippen LogP contribution in [0.15, 0.2) is 40.8 Å². The number of nitrogens with one attached hydrogen (secondary N) is 1. The molecular weight excluding hydrogens is 221 g/mol. The molecule has 2 rings (SSSR count). The Morgan fingerprint density at radius 3 is 2.53 bits per heavy atom. The van der Waals surface area contributed by atoms with E-state index in [1.165, 1.54) is 6.07 Å². The smallest absolute Gasteiger partial charge is 0.129 e. The number of aliphatic hydroxyl groups is 1. The van der Waals surface area contributed by atoms with Gasteiger partial charge in [0.05, 0.1) is 6.54 Å². The third-order valence-corrected chi connectivity index (χ3v) is 2.45. The molecule has 0 bridgehead atoms. The van der Waals surface area contributed by atoms with Crippen LogP contribution in [0.5, 0.6) is 0 Å². The minimum atomic E-state index is -0.213. The van der Waals surface area contributed by atoms with Crippen LogP contribution in [-0.2, 0) is 19.7 Å². The highest BCUT2D eigenvalue weighted by Gasteiger charge is 2.02. The second-order valence-corrected chi connectivity index (χ2v) is 3.72. The van der Waals surface area contributed by atoms with Gasteiger partial charge in [0.25, 0.3) is 0 Å². The standard InChI is InChI=1S/C13H14FNO2/c14-13-4-2-1-3-10(13)7-15-8-11-5-6-12(9-16)17-11/h1-6,15-16H,7-9H2. The Kier molecular flexibility index (Phi) is 3.90. The summed E-state index contributed by atoms with van der Waals surface area (Å²) in [6, 6.07) is 10.2. The Hall–Kier alpha value is -1.65. The molecule has 0 aliphatic heterocycles. The lowest BCUT2D eigenvalue weighted by atomic mass is 10.2. The first kappa shape index (κ1) is 11.8. The number of rotatable bonds is 5. The van der Waals surface area contributed by atoms with E-state index in [-0.39, 0.29) is 12.4 Å². The third kappa shape index (κ3) is 3.15. The molecule has 0 aliphatic rings. The van der Waals surface area contributed by atoms with Crippen molar-refractivity contribution in [3.05, 3.63) is 59.3 Å². The highest BCUT2D eigenvalue weighted by molar-refractivity contribution is 5.17. The Morgan fingerprint density at radius 2 is 1.82 bits per heavy atom. The summed E-state index contributed by atoms with van der Waals surface area (Å²) < 4.78 is 18.6. The van der Waals surface area contributed by atoms with Gasteiger partial charge in [0, 0.05) is 12.1 Å². The van der Waals surface area contributed by atoms with Gasteiger partial charge in [-0.15, -0.1) is 0 Å². The van der Waals surface area contributed by atoms with Gasteiger partial charge in [-0.25, -0.2) is 4.39 Å². The minimum Gasteiger partial charge on any atom is -0.462 e. The van der Waals surface area contributed by atoms with Crippen molar-refractivity contribution in [1.82, 2.24) is 5.32 Å². The molecule has 0 unspecified atom stereocenters. The fraction of sp³-hybridized carbons (Fsp3) is 0.231. The molecule has 0 spiro atoms. The molecule has 0 saturated carbocycles. The van der Waals surface area contributed by atoms with Crippen molar-refractivity contribution in [2.45, 2.75) is 19.7 Å². The van der Waals surface area contributed by atoms with E-state index in [1.54, 1.807) is 30.3 Å². The number of hydrogen-bond donors (Lipinski definition) is 2. The maximum atomic E-state index is 13.3. The molecule has 1 heterocycles. The van der Waals surface area contributed by atoms with Crippen molar-refractivity contribution >= 4 is 0 Å². The summed E-state index contributed by atoms with van der Waals surface area (Å²) in [6.07, 6.45) is 0. The Labute approximate surface area is 98.9 Å². The summed E-state index contributed by atoms with van der Waals surface area (Å²) in [7, 11) is 0. The van der Waals surface area contributed by atoms with Crippen molar-refractivity contribution in [3.8, 4) is 0 Å². The van der Waals surface area contributed by atoms with Crippen LogP contribution in [0.1, 0.15) is 17.1 Å². The van der Waals surface area contributed by atoms with E-state index in [0.717, 1.165) is 5.76 Å². The fourth-order valence-electron chi connectivity index (χ4n) is 1.56. The fourth-order valence-corrected chi connectivity index (χ4v) is 1.56. The molecule has 17 heavy (non-hydrogen) atoms. The number of aliphatic hydroxyl groups excluding tert-OH is 1. The van der Waals surface area contributed by atoms with Crippen molar-refractivity contribution in [2.24, 2.45) is 0 Å². The zero-order valence-electron chi connectivity index (χ0n) is 9.32. The number of benzene rings is 1. The van der Waals surface area contributed by atoms with Crippen LogP contribution >= 0.6 is 0 Å². The van der Waals surface area contributed by atoms with E-state index in [0.29, 0.717) is 24.4 Å². The molecule has 0 aliphatic carbocycles. The van der Waals surface area contributed by atoms with Crippen LogP contribution in [0.25, 0.3) is 0 Å². The van der Waals surface area contributed by atoms with Crippen LogP contribution in [0.2, 0.25) is 0 Å². The first-order valence-electron chi connectivity index (χ1n) is 5.42. The van der Waals surface area contributed by atoms with E-state index < -0.39 is 0 Å². The maximum absolute atomic E-state index is 13.3. The molecule has 1 aromatic carbocycles. The number of hydrogen-bond acceptors (Lipinski definition) is 3. The average molecular weight is 235 g/mol. The van der Waals surface area contributed by atoms with Gasteiger partial charge in [-0.1, -0.05) is 18.2 Å². The van der Waals surface area contributed by atoms with Gasteiger partial charge in [-0.2, -0.15) is 0 Å². The van der Waals surface area contributed by atoms with Crippen LogP contribution in [-0.4, -0.2) is 5.11 Å². The summed E-state index contributed by atoms with van der Waals surface area (Å²) in [5.74, 6) is 1.05. The van der Waals surface area contributed by atoms with Crippen LogP contribution in [0, 0.1) is 5.82 Å². The monoisotopic (exact) mass is 235 g/mol. The molecule has 0 amide bonds. The molecule has 2 aromatic rings. The van der Waals surface area contributed by atoms with Crippen LogP contribution in [0.4, 0.5) is 4.39 Å². The normalized spacial score (nSPS) is 10.7. The third-order valence-electron chi connectivity index (χ3n) is 2.45. The topological polar surface area (TPSA) is 45.4 Å². The van der Waals surface area contributed by atoms with E-state index in [1.807, 2.05) is 0 Å². The summed E-state index contributed by atoms with van der Waals surface area (Å²) in [6.45, 7) is 0.851. The molecule has 0 saturated heterocycles. The predicted octanol–water partition coefficient (Wildman–Crippen LogP) is 2.20. The molecule has 4 heteroatoms. The maximum Gasteiger partial charge on any atom is 0.129 e. The number of furan rings is 1. The highest BCUT2D eigenvalue weighted by Crippen LogP contribution is 2.09. The lowest BCUT2D eigenvalue weighted by Crippen LogP contribution is -2.13. The first-order valence-corrected chi connectivity index (χ1v) is 5.42. The lowest BCUT2D eigenvalue weighted by Gasteiger charge is -2.04. The van der Waals surface area contributed by atoms with Crippen molar-refractivity contribution < 1.29 is 13.9 Å². The minimum absolute atomic E-state index is 0.104. The molecule has 1 aromatic heterocycles. The summed E-state index contributed by atoms with van der Waals surface area (Å²) in [4.78, 5) is 0. The van der Waals surface area contributed by atoms with Gasteiger partial charge in [-0.05, 0) is 18.2 Å². The largest absolute Gasteiger partial charge is 0.462 e. The molecule has 3 nitrogen and oxygen atoms in total. The van der Waals surface area contributed by atoms with E-state index in [9.17, 15) is 4.39 Å². The van der Waals surface area contributed by atoms with E-state index in [2.05, 4.69) is 5.32 Å². The van der Waals surface area contributed by atoms with Gasteiger partial charge in [-0.3, -0.25) is 0 Å². The molecule has 0 fully saturated rings. The SMILES string of the molecule is OCc1ccc(CNCc2ccccc2F)o1. The van der Waals surface area contributed by atoms with Gasteiger partial charge >= 0.3 is 0 Å². The molecule has 0 atom stereocenters. The second-order valence-electron chi connectivity index (χ2n) is 3.72. The lowest BCUT2D eigenvalue weighted by molar-refractivity contribution is 0.242. The van der Waals surface area contributed by atoms with E-state index in [4.69, 9.17) is 9.52 Å². The second kappa shape index (κ2) is 5.61. The van der Waals surface area contributed by atoms with Crippen LogP contribution in [0.3, 0.4) is 0 Å². The van der Waals surface area contributed by atoms with Crippen molar-refractivity contribution in [2.75, 3.05) is 0 Å². The summed E-state index contributed by atoms with van der Waals surface area (Å²) in [5, 5.41) is 11.9. The Balaban J connectivity index is 1.85. The van der Waals surface area contributed by atoms with Crippen molar-refractivity contribution in [1.29, 1.82) is 0 Å². The van der Waals surface area contributed by atoms with Gasteiger partial charge in [0.15, 0.2) is 0 Å². The number of halogens is 1. The molecule has 90 valence electrons. The average Bonchev–Trinajstić information content (AvgIpc) is 2.80. The Morgan fingerprint density at radius 1 is 1.06 bits per heavy atom. The zero-order chi connectivity index (χ0) is 12.1. The summed E-state index contributed by atoms with van der Waals surface area (Å²) >= 11 is 0. The van der Waals surface area contributed by atoms with Gasteiger partial charge < -0.3 is 14.8 Å². The molecule has 0 radical (unpaired) electrons. The van der Waals surface area contributed by atoms with Gasteiger partial charge in [0.2, 0.25) is 0 Å². The van der Waals surface area contributed by atoms with Gasteiger partial charge in [0.1, 0.15) is 23.9 Å². The first-order chi connectivity index (χ1) is 8.29. The quantitative estimate of drug-likeness (QED) is 0.835. The van der Waals surface area contributed by atoms with E-state index >= 15 is 0 Å². The predicted molar refractivity (Wildman–Crippen MR) is 61.6 cm³/mol. The molecule has 2 N–H and O–H groups in total. The zero-order valence-corrected chi connectivity index (χ0v) is 9.32. The van der Waals surface area contributed by atoms with Crippen molar-refractivity contribution in [3.63, 3.8) is 0 Å². The van der Waals surface area contributed by atoms with Crippen LogP contribution < -0.4 is 5.32 Å². The molecular formula is C13H14FNO2. The Bertz CT molecular complexity index is 482. The summed E-state index contributed by atoms with van der Waals surface area (Å²) in [5.41, 5.74) is 0.626. The highest BCUT2D eigenvalue weighted by atomic mass is 19.1.